The summed E-state index contributed by atoms with van der Waals surface area (Å²) < 4.78 is 4.56. The largest absolute Gasteiger partial charge is 0.507 e. The van der Waals surface area contributed by atoms with Crippen LogP contribution in [0.3, 0.4) is 0 Å². The van der Waals surface area contributed by atoms with Crippen molar-refractivity contribution in [3.63, 3.8) is 0 Å². The molecule has 2 rings (SSSR count). The van der Waals surface area contributed by atoms with Crippen LogP contribution in [0, 0.1) is 0 Å². The van der Waals surface area contributed by atoms with Gasteiger partial charge in [-0.1, -0.05) is 0 Å². The maximum absolute atomic E-state index is 11.9. The van der Waals surface area contributed by atoms with Crippen molar-refractivity contribution >= 4 is 11.6 Å². The number of aromatic hydroxyl groups is 3. The van der Waals surface area contributed by atoms with Crippen molar-refractivity contribution in [2.75, 3.05) is 7.11 Å². The molecule has 0 saturated carbocycles. The molecule has 0 atom stereocenters. The Morgan fingerprint density at radius 1 is 0.944 bits per heavy atom. The molecular weight excluding hydrogens is 244 g/mol. The second-order valence-electron chi connectivity index (χ2n) is 3.55. The smallest absolute Gasteiger partial charge is 0.236 e. The lowest BCUT2D eigenvalue weighted by Crippen LogP contribution is -2.23. The molecule has 0 fully saturated rings. The summed E-state index contributed by atoms with van der Waals surface area (Å²) in [4.78, 5) is 23.6. The average molecular weight is 252 g/mol. The minimum absolute atomic E-state index is 0.575. The van der Waals surface area contributed by atoms with Gasteiger partial charge in [0.15, 0.2) is 11.5 Å². The fourth-order valence-electron chi connectivity index (χ4n) is 1.73. The fourth-order valence-corrected chi connectivity index (χ4v) is 1.73. The number of carbonyl (C=O) groups is 2. The summed E-state index contributed by atoms with van der Waals surface area (Å²) in [6.45, 7) is 0. The van der Waals surface area contributed by atoms with E-state index >= 15 is 0 Å². The molecule has 1 aliphatic carbocycles. The zero-order chi connectivity index (χ0) is 13.6. The molecule has 1 aromatic carbocycles. The van der Waals surface area contributed by atoms with E-state index in [2.05, 4.69) is 4.74 Å². The van der Waals surface area contributed by atoms with E-state index in [0.29, 0.717) is 6.07 Å². The predicted molar refractivity (Wildman–Crippen MR) is 56.8 cm³/mol. The van der Waals surface area contributed by atoms with Crippen LogP contribution in [0.25, 0.3) is 0 Å². The molecule has 1 aromatic rings. The molecule has 0 unspecified atom stereocenters. The Morgan fingerprint density at radius 2 is 1.56 bits per heavy atom. The lowest BCUT2D eigenvalue weighted by Gasteiger charge is -2.18. The van der Waals surface area contributed by atoms with Gasteiger partial charge < -0.3 is 25.2 Å². The number of hydrogen-bond donors (Lipinski definition) is 4. The number of aliphatic hydroxyl groups excluding tert-OH is 1. The van der Waals surface area contributed by atoms with Crippen molar-refractivity contribution in [2.24, 2.45) is 0 Å². The van der Waals surface area contributed by atoms with Gasteiger partial charge in [0.25, 0.3) is 0 Å². The van der Waals surface area contributed by atoms with Crippen LogP contribution in [0.1, 0.15) is 20.7 Å². The maximum atomic E-state index is 11.9. The Balaban J connectivity index is 2.86. The van der Waals surface area contributed by atoms with Gasteiger partial charge in [0.05, 0.1) is 18.2 Å². The Hall–Kier alpha value is -2.70. The molecule has 0 aromatic heterocycles. The van der Waals surface area contributed by atoms with E-state index in [-0.39, 0.29) is 0 Å². The topological polar surface area (TPSA) is 124 Å². The second kappa shape index (κ2) is 3.66. The molecule has 1 aliphatic rings. The van der Waals surface area contributed by atoms with Crippen molar-refractivity contribution in [1.29, 1.82) is 0 Å². The summed E-state index contributed by atoms with van der Waals surface area (Å²) in [5.41, 5.74) is -1.18. The molecule has 18 heavy (non-hydrogen) atoms. The number of allylic oxidation sites excluding steroid dienone is 2. The third kappa shape index (κ3) is 1.30. The molecule has 7 heteroatoms. The van der Waals surface area contributed by atoms with E-state index in [1.807, 2.05) is 0 Å². The van der Waals surface area contributed by atoms with Crippen LogP contribution in [0.15, 0.2) is 17.6 Å². The summed E-state index contributed by atoms with van der Waals surface area (Å²) >= 11 is 0. The Morgan fingerprint density at radius 3 is 2.11 bits per heavy atom. The van der Waals surface area contributed by atoms with Crippen LogP contribution in [-0.4, -0.2) is 39.1 Å². The van der Waals surface area contributed by atoms with Gasteiger partial charge in [0.1, 0.15) is 5.75 Å². The number of aliphatic hydroxyl groups is 1. The number of Topliss-reactive ketones (excluding diaryl/α,β-unsaturated/α-hetero) is 2. The molecule has 0 heterocycles. The first-order valence-corrected chi connectivity index (χ1v) is 4.74. The SMILES string of the molecule is COC1=C(O)C(=O)c2c(O)cc(O)c(O)c2C1=O. The quantitative estimate of drug-likeness (QED) is 0.426. The van der Waals surface area contributed by atoms with Crippen LogP contribution >= 0.6 is 0 Å². The van der Waals surface area contributed by atoms with Gasteiger partial charge in [-0.2, -0.15) is 0 Å². The van der Waals surface area contributed by atoms with Crippen LogP contribution in [-0.2, 0) is 4.74 Å². The average Bonchev–Trinajstić information content (AvgIpc) is 2.31. The van der Waals surface area contributed by atoms with Crippen molar-refractivity contribution in [2.45, 2.75) is 0 Å². The number of ether oxygens (including phenoxy) is 1. The van der Waals surface area contributed by atoms with Gasteiger partial charge >= 0.3 is 0 Å². The van der Waals surface area contributed by atoms with Crippen LogP contribution in [0.5, 0.6) is 17.2 Å². The fraction of sp³-hybridized carbons (Fsp3) is 0.0909. The van der Waals surface area contributed by atoms with Gasteiger partial charge in [0, 0.05) is 6.07 Å². The molecule has 94 valence electrons. The molecular formula is C11H8O7. The monoisotopic (exact) mass is 252 g/mol. The number of carbonyl (C=O) groups excluding carboxylic acids is 2. The van der Waals surface area contributed by atoms with Crippen molar-refractivity contribution < 1.29 is 34.8 Å². The molecule has 4 N–H and O–H groups in total. The summed E-state index contributed by atoms with van der Waals surface area (Å²) in [6, 6.07) is 0.699. The number of hydrogen-bond acceptors (Lipinski definition) is 7. The van der Waals surface area contributed by atoms with E-state index in [0.717, 1.165) is 7.11 Å². The number of ketones is 2. The van der Waals surface area contributed by atoms with Gasteiger partial charge in [-0.25, -0.2) is 0 Å². The second-order valence-corrected chi connectivity index (χ2v) is 3.55. The molecule has 0 bridgehead atoms. The van der Waals surface area contributed by atoms with E-state index < -0.39 is 51.5 Å². The highest BCUT2D eigenvalue weighted by Crippen LogP contribution is 2.42. The highest BCUT2D eigenvalue weighted by atomic mass is 16.5. The lowest BCUT2D eigenvalue weighted by atomic mass is 9.90. The molecule has 0 radical (unpaired) electrons. The van der Waals surface area contributed by atoms with Crippen molar-refractivity contribution in [1.82, 2.24) is 0 Å². The minimum atomic E-state index is -1.07. The van der Waals surface area contributed by atoms with Gasteiger partial charge in [0.2, 0.25) is 23.1 Å². The zero-order valence-corrected chi connectivity index (χ0v) is 9.09. The molecule has 0 spiro atoms. The number of methoxy groups -OCH3 is 1. The van der Waals surface area contributed by atoms with Crippen LogP contribution in [0.2, 0.25) is 0 Å². The lowest BCUT2D eigenvalue weighted by molar-refractivity contribution is 0.0849. The van der Waals surface area contributed by atoms with E-state index in [4.69, 9.17) is 0 Å². The van der Waals surface area contributed by atoms with Gasteiger partial charge in [-0.3, -0.25) is 9.59 Å². The standard InChI is InChI=1S/C11H8O7/c1-18-11-9(16)6-5(8(15)10(11)17)3(12)2-4(13)7(6)14/h2,12-14,17H,1H3. The zero-order valence-electron chi connectivity index (χ0n) is 9.09. The van der Waals surface area contributed by atoms with Gasteiger partial charge in [-0.05, 0) is 0 Å². The Kier molecular flexibility index (Phi) is 2.39. The minimum Gasteiger partial charge on any atom is -0.507 e. The van der Waals surface area contributed by atoms with Gasteiger partial charge in [-0.15, -0.1) is 0 Å². The first kappa shape index (κ1) is 11.8. The molecule has 0 amide bonds. The first-order chi connectivity index (χ1) is 8.40. The highest BCUT2D eigenvalue weighted by molar-refractivity contribution is 6.27. The third-order valence-corrected chi connectivity index (χ3v) is 2.55. The normalized spacial score (nSPS) is 14.7. The Labute approximate surface area is 100 Å². The number of rotatable bonds is 1. The molecule has 0 aliphatic heterocycles. The number of phenolic OH excluding ortho intramolecular Hbond substituents is 3. The summed E-state index contributed by atoms with van der Waals surface area (Å²) in [6.07, 6.45) is 0. The number of benzene rings is 1. The van der Waals surface area contributed by atoms with E-state index in [9.17, 15) is 30.0 Å². The summed E-state index contributed by atoms with van der Waals surface area (Å²) in [5.74, 6) is -6.04. The van der Waals surface area contributed by atoms with E-state index in [1.165, 1.54) is 0 Å². The van der Waals surface area contributed by atoms with Crippen molar-refractivity contribution in [3.8, 4) is 17.2 Å². The predicted octanol–water partition coefficient (Wildman–Crippen LogP) is 0.598. The Bertz CT molecular complexity index is 612. The molecule has 7 nitrogen and oxygen atoms in total. The van der Waals surface area contributed by atoms with Crippen molar-refractivity contribution in [3.05, 3.63) is 28.7 Å². The van der Waals surface area contributed by atoms with Crippen LogP contribution < -0.4 is 0 Å². The highest BCUT2D eigenvalue weighted by Gasteiger charge is 2.38. The number of fused-ring (bicyclic) bond motifs is 1. The number of phenols is 3. The third-order valence-electron chi connectivity index (χ3n) is 2.55. The van der Waals surface area contributed by atoms with Crippen LogP contribution in [0.4, 0.5) is 0 Å². The maximum Gasteiger partial charge on any atom is 0.236 e. The first-order valence-electron chi connectivity index (χ1n) is 4.74. The summed E-state index contributed by atoms with van der Waals surface area (Å²) in [7, 11) is 1.06. The summed E-state index contributed by atoms with van der Waals surface area (Å²) in [5, 5.41) is 37.8. The van der Waals surface area contributed by atoms with E-state index in [1.54, 1.807) is 0 Å². The molecule has 0 saturated heterocycles.